The predicted octanol–water partition coefficient (Wildman–Crippen LogP) is 1.19. The molecule has 0 radical (unpaired) electrons. The molecule has 0 N–H and O–H groups in total. The van der Waals surface area contributed by atoms with Crippen LogP contribution in [-0.4, -0.2) is 0 Å². The van der Waals surface area contributed by atoms with Crippen molar-refractivity contribution in [2.24, 2.45) is 0 Å². The molecule has 0 nitrogen and oxygen atoms in total. The molecule has 0 unspecified atom stereocenters. The average molecular weight is 533 g/mol. The Morgan fingerprint density at radius 1 is 0.871 bits per heavy atom. The van der Waals surface area contributed by atoms with Gasteiger partial charge in [-0.05, 0) is 0 Å². The number of benzene rings is 2. The van der Waals surface area contributed by atoms with Crippen LogP contribution < -0.4 is 28.1 Å². The van der Waals surface area contributed by atoms with Crippen molar-refractivity contribution in [3.8, 4) is 11.1 Å². The fourth-order valence-corrected chi connectivity index (χ4v) is 9.37. The first-order chi connectivity index (χ1) is 13.6. The van der Waals surface area contributed by atoms with Crippen LogP contribution >= 0.6 is 0 Å². The topological polar surface area (TPSA) is 0 Å². The van der Waals surface area contributed by atoms with E-state index in [0.717, 1.165) is 6.42 Å². The molecule has 164 valence electrons. The second kappa shape index (κ2) is 9.71. The zero-order chi connectivity index (χ0) is 21.0. The van der Waals surface area contributed by atoms with E-state index in [2.05, 4.69) is 91.0 Å². The van der Waals surface area contributed by atoms with E-state index in [4.69, 9.17) is 0 Å². The Hall–Kier alpha value is -0.617. The van der Waals surface area contributed by atoms with Crippen LogP contribution in [0.3, 0.4) is 0 Å². The summed E-state index contributed by atoms with van der Waals surface area (Å²) in [7, 11) is 0. The maximum atomic E-state index is 2.48. The third kappa shape index (κ3) is 5.15. The van der Waals surface area contributed by atoms with Crippen LogP contribution in [0, 0.1) is 0 Å². The Morgan fingerprint density at radius 3 is 2.16 bits per heavy atom. The summed E-state index contributed by atoms with van der Waals surface area (Å²) >= 11 is -0.808. The van der Waals surface area contributed by atoms with E-state index in [9.17, 15) is 0 Å². The molecule has 0 aliphatic heterocycles. The first-order valence-corrected chi connectivity index (χ1v) is 13.5. The van der Waals surface area contributed by atoms with Crippen molar-refractivity contribution in [3.05, 3.63) is 73.6 Å². The molecule has 2 aliphatic carbocycles. The second-order valence-corrected chi connectivity index (χ2v) is 14.0. The molecular weight excluding hydrogens is 498 g/mol. The molecule has 2 aromatic carbocycles. The van der Waals surface area contributed by atoms with E-state index in [1.165, 1.54) is 35.1 Å². The number of allylic oxidation sites excluding steroid dienone is 4. The first-order valence-electron chi connectivity index (χ1n) is 11.1. The summed E-state index contributed by atoms with van der Waals surface area (Å²) < 4.78 is 3.55. The monoisotopic (exact) mass is 530 g/mol. The standard InChI is InChI=1S/C21H25.C7H9.2ClH.Zr/c1-20(2,3)16-7-9-18-14(12-16)11-15-13-17(21(4,5)6)8-10-19(15)18;1-2-7-5-3-4-6-7;;;/h7-10,12H,11H2,1-6H3;3,5H,2,4H2,1H3;2*1H;/q;;;;+2/p-2. The zero-order valence-corrected chi connectivity index (χ0v) is 23.9. The zero-order valence-electron chi connectivity index (χ0n) is 19.9. The summed E-state index contributed by atoms with van der Waals surface area (Å²) in [6, 6.07) is 12.1. The van der Waals surface area contributed by atoms with Gasteiger partial charge in [0.2, 0.25) is 0 Å². The van der Waals surface area contributed by atoms with Gasteiger partial charge in [0.05, 0.1) is 0 Å². The van der Waals surface area contributed by atoms with Gasteiger partial charge in [-0.15, -0.1) is 0 Å². The summed E-state index contributed by atoms with van der Waals surface area (Å²) in [4.78, 5) is 0. The van der Waals surface area contributed by atoms with E-state index in [0.29, 0.717) is 0 Å². The minimum Gasteiger partial charge on any atom is -1.00 e. The Morgan fingerprint density at radius 2 is 1.55 bits per heavy atom. The summed E-state index contributed by atoms with van der Waals surface area (Å²) in [5.41, 5.74) is 11.3. The predicted molar refractivity (Wildman–Crippen MR) is 123 cm³/mol. The van der Waals surface area contributed by atoms with E-state index in [1.807, 2.05) is 0 Å². The third-order valence-corrected chi connectivity index (χ3v) is 10.5. The van der Waals surface area contributed by atoms with Crippen LogP contribution in [0.15, 0.2) is 51.3 Å². The smallest absolute Gasteiger partial charge is 1.00 e. The molecule has 0 aromatic heterocycles. The van der Waals surface area contributed by atoms with Gasteiger partial charge in [-0.2, -0.15) is 0 Å². The average Bonchev–Trinajstić information content (AvgIpc) is 3.23. The van der Waals surface area contributed by atoms with E-state index >= 15 is 0 Å². The number of fused-ring (bicyclic) bond motifs is 3. The van der Waals surface area contributed by atoms with Crippen molar-refractivity contribution in [1.29, 1.82) is 0 Å². The summed E-state index contributed by atoms with van der Waals surface area (Å²) in [5.74, 6) is 0. The number of hydrogen-bond acceptors (Lipinski definition) is 0. The Labute approximate surface area is 213 Å². The van der Waals surface area contributed by atoms with Crippen molar-refractivity contribution in [2.45, 2.75) is 78.6 Å². The van der Waals surface area contributed by atoms with Crippen LogP contribution in [0.5, 0.6) is 0 Å². The first kappa shape index (κ1) is 26.6. The molecule has 3 heteroatoms. The Bertz CT molecular complexity index is 1030. The quantitative estimate of drug-likeness (QED) is 0.476. The van der Waals surface area contributed by atoms with E-state index in [-0.39, 0.29) is 35.6 Å². The van der Waals surface area contributed by atoms with E-state index < -0.39 is 23.2 Å². The molecule has 0 fully saturated rings. The van der Waals surface area contributed by atoms with Gasteiger partial charge in [0.15, 0.2) is 0 Å². The fourth-order valence-electron chi connectivity index (χ4n) is 4.68. The van der Waals surface area contributed by atoms with Crippen molar-refractivity contribution < 1.29 is 48.0 Å². The number of rotatable bonds is 3. The van der Waals surface area contributed by atoms with Crippen molar-refractivity contribution in [3.63, 3.8) is 0 Å². The molecule has 0 saturated heterocycles. The van der Waals surface area contributed by atoms with Gasteiger partial charge < -0.3 is 24.8 Å². The summed E-state index contributed by atoms with van der Waals surface area (Å²) in [6.45, 7) is 16.4. The molecule has 0 heterocycles. The van der Waals surface area contributed by atoms with Gasteiger partial charge in [0.1, 0.15) is 0 Å². The maximum absolute atomic E-state index is 2.48. The molecule has 2 aromatic rings. The van der Waals surface area contributed by atoms with Crippen LogP contribution in [-0.2, 0) is 40.5 Å². The van der Waals surface area contributed by atoms with Crippen LogP contribution in [0.4, 0.5) is 0 Å². The minimum atomic E-state index is -0.808. The summed E-state index contributed by atoms with van der Waals surface area (Å²) in [6.07, 6.45) is 8.28. The molecule has 0 atom stereocenters. The van der Waals surface area contributed by atoms with Gasteiger partial charge in [-0.1, -0.05) is 0 Å². The molecule has 0 spiro atoms. The molecule has 0 saturated carbocycles. The molecule has 4 rings (SSSR count). The van der Waals surface area contributed by atoms with Gasteiger partial charge in [0.25, 0.3) is 0 Å². The van der Waals surface area contributed by atoms with Gasteiger partial charge >= 0.3 is 190 Å². The molecule has 31 heavy (non-hydrogen) atoms. The van der Waals surface area contributed by atoms with Gasteiger partial charge in [0, 0.05) is 0 Å². The largest absolute Gasteiger partial charge is 1.00 e. The molecular formula is C28H34Cl2Zr. The van der Waals surface area contributed by atoms with Crippen LogP contribution in [0.2, 0.25) is 0 Å². The fraction of sp³-hybridized carbons (Fsp3) is 0.429. The molecule has 0 amide bonds. The normalized spacial score (nSPS) is 14.5. The second-order valence-electron chi connectivity index (χ2n) is 10.7. The van der Waals surface area contributed by atoms with Crippen LogP contribution in [0.1, 0.15) is 83.6 Å². The SMILES string of the molecule is CCC1=[C]([Zr+2][c]2c(C(C)(C)C)ccc3c2Cc2cc(C(C)(C)C)ccc2-3)CC=C1.[Cl-].[Cl-]. The third-order valence-electron chi connectivity index (χ3n) is 6.43. The summed E-state index contributed by atoms with van der Waals surface area (Å²) in [5, 5.41) is 0. The van der Waals surface area contributed by atoms with Gasteiger partial charge in [-0.25, -0.2) is 0 Å². The number of halogens is 2. The van der Waals surface area contributed by atoms with E-state index in [1.54, 1.807) is 23.3 Å². The molecule has 2 aliphatic rings. The van der Waals surface area contributed by atoms with Crippen molar-refractivity contribution in [2.75, 3.05) is 0 Å². The number of hydrogen-bond donors (Lipinski definition) is 0. The van der Waals surface area contributed by atoms with Crippen molar-refractivity contribution >= 4 is 3.27 Å². The van der Waals surface area contributed by atoms with Crippen LogP contribution in [0.25, 0.3) is 11.1 Å². The maximum Gasteiger partial charge on any atom is -1.00 e. The Balaban J connectivity index is 0.00000171. The van der Waals surface area contributed by atoms with Gasteiger partial charge in [-0.3, -0.25) is 0 Å². The Kier molecular flexibility index (Phi) is 8.34. The molecule has 0 bridgehead atoms. The minimum absolute atomic E-state index is 0. The van der Waals surface area contributed by atoms with Crippen molar-refractivity contribution in [1.82, 2.24) is 0 Å².